The summed E-state index contributed by atoms with van der Waals surface area (Å²) in [6, 6.07) is 4.61. The van der Waals surface area contributed by atoms with Crippen molar-refractivity contribution in [1.29, 1.82) is 0 Å². The first-order chi connectivity index (χ1) is 10.1. The number of hydrogen-bond donors (Lipinski definition) is 0. The molecule has 1 spiro atoms. The van der Waals surface area contributed by atoms with Gasteiger partial charge in [0.15, 0.2) is 5.78 Å². The van der Waals surface area contributed by atoms with Gasteiger partial charge in [0, 0.05) is 24.3 Å². The van der Waals surface area contributed by atoms with Crippen molar-refractivity contribution in [3.63, 3.8) is 0 Å². The Morgan fingerprint density at radius 2 is 1.76 bits per heavy atom. The highest BCUT2D eigenvalue weighted by atomic mass is 19.1. The van der Waals surface area contributed by atoms with E-state index in [0.29, 0.717) is 11.0 Å². The topological polar surface area (TPSA) is 20.3 Å². The maximum atomic E-state index is 13.4. The van der Waals surface area contributed by atoms with E-state index >= 15 is 0 Å². The number of rotatable bonds is 2. The molecule has 2 aliphatic rings. The first-order valence-corrected chi connectivity index (χ1v) is 8.15. The molecule has 0 N–H and O–H groups in total. The standard InChI is InChI=1S/C18H24FNO/c1-14(21)16-13-15(19)5-6-17(16)20-11-9-18(10-12-20)7-3-2-4-8-18/h5-6,13H,2-4,7-12H2,1H3. The van der Waals surface area contributed by atoms with Crippen molar-refractivity contribution in [3.05, 3.63) is 29.6 Å². The minimum Gasteiger partial charge on any atom is -0.371 e. The number of halogens is 1. The summed E-state index contributed by atoms with van der Waals surface area (Å²) < 4.78 is 13.4. The largest absolute Gasteiger partial charge is 0.371 e. The van der Waals surface area contributed by atoms with Gasteiger partial charge in [-0.2, -0.15) is 0 Å². The van der Waals surface area contributed by atoms with Crippen LogP contribution in [0.4, 0.5) is 10.1 Å². The van der Waals surface area contributed by atoms with Crippen LogP contribution in [0.3, 0.4) is 0 Å². The fourth-order valence-corrected chi connectivity index (χ4v) is 4.09. The van der Waals surface area contributed by atoms with Gasteiger partial charge in [-0.25, -0.2) is 4.39 Å². The van der Waals surface area contributed by atoms with E-state index in [1.807, 2.05) is 0 Å². The Kier molecular flexibility index (Phi) is 4.01. The number of carbonyl (C=O) groups is 1. The summed E-state index contributed by atoms with van der Waals surface area (Å²) in [6.45, 7) is 3.50. The summed E-state index contributed by atoms with van der Waals surface area (Å²) in [6.07, 6.45) is 9.28. The predicted octanol–water partition coefficient (Wildman–Crippen LogP) is 4.58. The highest BCUT2D eigenvalue weighted by molar-refractivity contribution is 5.99. The average Bonchev–Trinajstić information content (AvgIpc) is 2.49. The maximum Gasteiger partial charge on any atom is 0.161 e. The monoisotopic (exact) mass is 289 g/mol. The predicted molar refractivity (Wildman–Crippen MR) is 83.4 cm³/mol. The third-order valence-electron chi connectivity index (χ3n) is 5.42. The molecule has 0 atom stereocenters. The molecule has 21 heavy (non-hydrogen) atoms. The Bertz CT molecular complexity index is 524. The molecule has 1 saturated carbocycles. The van der Waals surface area contributed by atoms with Crippen LogP contribution >= 0.6 is 0 Å². The second-order valence-corrected chi connectivity index (χ2v) is 6.77. The van der Waals surface area contributed by atoms with Gasteiger partial charge in [-0.05, 0) is 56.2 Å². The molecule has 1 heterocycles. The van der Waals surface area contributed by atoms with Crippen LogP contribution < -0.4 is 4.90 Å². The molecule has 0 unspecified atom stereocenters. The van der Waals surface area contributed by atoms with Crippen molar-refractivity contribution in [2.24, 2.45) is 5.41 Å². The molecule has 0 aromatic heterocycles. The quantitative estimate of drug-likeness (QED) is 0.743. The maximum absolute atomic E-state index is 13.4. The van der Waals surface area contributed by atoms with Crippen molar-refractivity contribution >= 4 is 11.5 Å². The molecule has 1 saturated heterocycles. The number of piperidine rings is 1. The third-order valence-corrected chi connectivity index (χ3v) is 5.42. The van der Waals surface area contributed by atoms with E-state index in [1.54, 1.807) is 6.07 Å². The van der Waals surface area contributed by atoms with Gasteiger partial charge in [0.25, 0.3) is 0 Å². The zero-order valence-corrected chi connectivity index (χ0v) is 12.8. The van der Waals surface area contributed by atoms with Gasteiger partial charge in [-0.3, -0.25) is 4.79 Å². The van der Waals surface area contributed by atoms with Crippen LogP contribution in [-0.4, -0.2) is 18.9 Å². The van der Waals surface area contributed by atoms with Crippen LogP contribution in [0.15, 0.2) is 18.2 Å². The molecule has 0 bridgehead atoms. The second kappa shape index (κ2) is 5.78. The number of carbonyl (C=O) groups excluding carboxylic acids is 1. The van der Waals surface area contributed by atoms with Crippen molar-refractivity contribution in [3.8, 4) is 0 Å². The van der Waals surface area contributed by atoms with E-state index in [4.69, 9.17) is 0 Å². The third kappa shape index (κ3) is 2.97. The Hall–Kier alpha value is -1.38. The summed E-state index contributed by atoms with van der Waals surface area (Å²) in [5, 5.41) is 0. The van der Waals surface area contributed by atoms with Gasteiger partial charge in [0.05, 0.1) is 0 Å². The fraction of sp³-hybridized carbons (Fsp3) is 0.611. The van der Waals surface area contributed by atoms with Crippen LogP contribution in [0, 0.1) is 11.2 Å². The molecule has 2 fully saturated rings. The number of benzene rings is 1. The first-order valence-electron chi connectivity index (χ1n) is 8.15. The smallest absolute Gasteiger partial charge is 0.161 e. The fourth-order valence-electron chi connectivity index (χ4n) is 4.09. The van der Waals surface area contributed by atoms with E-state index in [-0.39, 0.29) is 11.6 Å². The molecule has 1 aliphatic carbocycles. The highest BCUT2D eigenvalue weighted by Crippen LogP contribution is 2.45. The van der Waals surface area contributed by atoms with Crippen molar-refractivity contribution in [1.82, 2.24) is 0 Å². The van der Waals surface area contributed by atoms with Crippen LogP contribution in [0.25, 0.3) is 0 Å². The van der Waals surface area contributed by atoms with E-state index in [1.165, 1.54) is 64.0 Å². The SMILES string of the molecule is CC(=O)c1cc(F)ccc1N1CCC2(CCCCC2)CC1. The van der Waals surface area contributed by atoms with Gasteiger partial charge in [-0.1, -0.05) is 19.3 Å². The normalized spacial score (nSPS) is 21.5. The van der Waals surface area contributed by atoms with Crippen molar-refractivity contribution < 1.29 is 9.18 Å². The summed E-state index contributed by atoms with van der Waals surface area (Å²) in [5.74, 6) is -0.382. The second-order valence-electron chi connectivity index (χ2n) is 6.77. The minimum atomic E-state index is -0.329. The van der Waals surface area contributed by atoms with Gasteiger partial charge in [0.1, 0.15) is 5.82 Å². The molecule has 0 amide bonds. The molecule has 3 heteroatoms. The molecule has 114 valence electrons. The lowest BCUT2D eigenvalue weighted by Crippen LogP contribution is -2.41. The van der Waals surface area contributed by atoms with E-state index in [0.717, 1.165) is 18.8 Å². The van der Waals surface area contributed by atoms with E-state index in [9.17, 15) is 9.18 Å². The van der Waals surface area contributed by atoms with Crippen LogP contribution in [0.5, 0.6) is 0 Å². The summed E-state index contributed by atoms with van der Waals surface area (Å²) in [4.78, 5) is 14.0. The lowest BCUT2D eigenvalue weighted by molar-refractivity contribution is 0.101. The van der Waals surface area contributed by atoms with E-state index < -0.39 is 0 Å². The van der Waals surface area contributed by atoms with Gasteiger partial charge >= 0.3 is 0 Å². The number of hydrogen-bond acceptors (Lipinski definition) is 2. The van der Waals surface area contributed by atoms with Crippen LogP contribution in [-0.2, 0) is 0 Å². The zero-order valence-electron chi connectivity index (χ0n) is 12.8. The Labute approximate surface area is 126 Å². The van der Waals surface area contributed by atoms with Crippen molar-refractivity contribution in [2.45, 2.75) is 51.9 Å². The average molecular weight is 289 g/mol. The zero-order chi connectivity index (χ0) is 14.9. The molecule has 0 radical (unpaired) electrons. The molecule has 1 aliphatic heterocycles. The molecular weight excluding hydrogens is 265 g/mol. The Balaban J connectivity index is 1.76. The highest BCUT2D eigenvalue weighted by Gasteiger charge is 2.36. The molecule has 3 rings (SSSR count). The van der Waals surface area contributed by atoms with Crippen molar-refractivity contribution in [2.75, 3.05) is 18.0 Å². The Morgan fingerprint density at radius 1 is 1.10 bits per heavy atom. The summed E-state index contributed by atoms with van der Waals surface area (Å²) in [7, 11) is 0. The molecule has 1 aromatic rings. The first kappa shape index (κ1) is 14.6. The lowest BCUT2D eigenvalue weighted by Gasteiger charge is -2.45. The number of ketones is 1. The molecule has 1 aromatic carbocycles. The number of anilines is 1. The summed E-state index contributed by atoms with van der Waals surface area (Å²) >= 11 is 0. The lowest BCUT2D eigenvalue weighted by atomic mass is 9.68. The minimum absolute atomic E-state index is 0.0533. The van der Waals surface area contributed by atoms with Gasteiger partial charge < -0.3 is 4.90 Å². The number of Topliss-reactive ketones (excluding diaryl/α,β-unsaturated/α-hetero) is 1. The van der Waals surface area contributed by atoms with Gasteiger partial charge in [-0.15, -0.1) is 0 Å². The molecular formula is C18H24FNO. The van der Waals surface area contributed by atoms with Crippen LogP contribution in [0.1, 0.15) is 62.2 Å². The summed E-state index contributed by atoms with van der Waals surface area (Å²) in [5.41, 5.74) is 1.98. The van der Waals surface area contributed by atoms with Crippen LogP contribution in [0.2, 0.25) is 0 Å². The Morgan fingerprint density at radius 3 is 2.38 bits per heavy atom. The van der Waals surface area contributed by atoms with E-state index in [2.05, 4.69) is 4.90 Å². The number of nitrogens with zero attached hydrogens (tertiary/aromatic N) is 1. The van der Waals surface area contributed by atoms with Gasteiger partial charge in [0.2, 0.25) is 0 Å². The molecule has 2 nitrogen and oxygen atoms in total.